The number of nitrogens with one attached hydrogen (secondary N) is 2. The zero-order valence-corrected chi connectivity index (χ0v) is 18.8. The largest absolute Gasteiger partial charge is 0.323 e. The smallest absolute Gasteiger partial charge is 0.309 e. The number of amides is 2. The van der Waals surface area contributed by atoms with Crippen LogP contribution in [0.3, 0.4) is 0 Å². The number of nitrogens with zero attached hydrogens (tertiary/aromatic N) is 1. The zero-order valence-electron chi connectivity index (χ0n) is 18.1. The van der Waals surface area contributed by atoms with Crippen LogP contribution < -0.4 is 16.2 Å². The molecule has 4 aromatic rings. The van der Waals surface area contributed by atoms with Crippen LogP contribution in [0.1, 0.15) is 11.1 Å². The molecule has 1 aromatic heterocycles. The maximum absolute atomic E-state index is 14.0. The Morgan fingerprint density at radius 2 is 1.73 bits per heavy atom. The first-order valence-corrected chi connectivity index (χ1v) is 10.5. The number of carbonyl (C=O) groups is 1. The molecule has 33 heavy (non-hydrogen) atoms. The number of halogens is 3. The lowest BCUT2D eigenvalue weighted by Crippen LogP contribution is -2.29. The Kier molecular flexibility index (Phi) is 5.91. The van der Waals surface area contributed by atoms with Gasteiger partial charge in [-0.2, -0.15) is 0 Å². The summed E-state index contributed by atoms with van der Waals surface area (Å²) in [6.45, 7) is 3.84. The molecule has 0 spiro atoms. The van der Waals surface area contributed by atoms with Gasteiger partial charge in [0.05, 0.1) is 11.2 Å². The minimum absolute atomic E-state index is 0.0110. The first-order chi connectivity index (χ1) is 15.7. The molecule has 0 radical (unpaired) electrons. The van der Waals surface area contributed by atoms with Crippen LogP contribution in [0.4, 0.5) is 25.0 Å². The van der Waals surface area contributed by atoms with E-state index in [2.05, 4.69) is 10.6 Å². The normalized spacial score (nSPS) is 11.0. The van der Waals surface area contributed by atoms with E-state index in [1.54, 1.807) is 31.3 Å². The summed E-state index contributed by atoms with van der Waals surface area (Å²) in [6.07, 6.45) is 0. The number of urea groups is 1. The van der Waals surface area contributed by atoms with Crippen molar-refractivity contribution in [3.05, 3.63) is 92.7 Å². The molecule has 4 rings (SSSR count). The standard InChI is InChI=1S/C25H20ClF2N3O2/c1-13-10-14(2)23-17(11-13)21(16-6-4-5-7-18(16)26)22(24(32)31(23)3)30-25(33)29-20-9-8-15(27)12-19(20)28/h4-12H,1-3H3,(H2,29,30,33). The molecule has 0 aliphatic heterocycles. The van der Waals surface area contributed by atoms with Crippen LogP contribution in [0.5, 0.6) is 0 Å². The second kappa shape index (κ2) is 8.67. The molecular weight excluding hydrogens is 448 g/mol. The van der Waals surface area contributed by atoms with Crippen LogP contribution in [-0.4, -0.2) is 10.6 Å². The van der Waals surface area contributed by atoms with E-state index in [9.17, 15) is 18.4 Å². The van der Waals surface area contributed by atoms with Crippen molar-refractivity contribution in [2.45, 2.75) is 13.8 Å². The predicted molar refractivity (Wildman–Crippen MR) is 128 cm³/mol. The van der Waals surface area contributed by atoms with Gasteiger partial charge >= 0.3 is 6.03 Å². The topological polar surface area (TPSA) is 63.1 Å². The summed E-state index contributed by atoms with van der Waals surface area (Å²) in [5.41, 5.74) is 2.89. The van der Waals surface area contributed by atoms with E-state index in [1.165, 1.54) is 4.57 Å². The lowest BCUT2D eigenvalue weighted by atomic mass is 9.95. The number of aryl methyl sites for hydroxylation is 3. The van der Waals surface area contributed by atoms with Gasteiger partial charge in [-0.05, 0) is 43.7 Å². The second-order valence-corrected chi connectivity index (χ2v) is 8.18. The highest BCUT2D eigenvalue weighted by atomic mass is 35.5. The van der Waals surface area contributed by atoms with Crippen molar-refractivity contribution in [2.75, 3.05) is 10.6 Å². The lowest BCUT2D eigenvalue weighted by molar-refractivity contribution is 0.262. The van der Waals surface area contributed by atoms with E-state index in [4.69, 9.17) is 11.6 Å². The van der Waals surface area contributed by atoms with Crippen molar-refractivity contribution in [3.8, 4) is 11.1 Å². The molecule has 0 fully saturated rings. The van der Waals surface area contributed by atoms with Crippen LogP contribution in [0.25, 0.3) is 22.0 Å². The second-order valence-electron chi connectivity index (χ2n) is 7.78. The van der Waals surface area contributed by atoms with Crippen molar-refractivity contribution in [3.63, 3.8) is 0 Å². The molecular formula is C25H20ClF2N3O2. The molecule has 5 nitrogen and oxygen atoms in total. The number of rotatable bonds is 3. The molecule has 3 aromatic carbocycles. The Morgan fingerprint density at radius 3 is 2.42 bits per heavy atom. The van der Waals surface area contributed by atoms with Crippen molar-refractivity contribution < 1.29 is 13.6 Å². The van der Waals surface area contributed by atoms with Gasteiger partial charge in [0.25, 0.3) is 5.56 Å². The third kappa shape index (κ3) is 4.19. The van der Waals surface area contributed by atoms with Crippen LogP contribution in [0, 0.1) is 25.5 Å². The fourth-order valence-corrected chi connectivity index (χ4v) is 4.25. The maximum Gasteiger partial charge on any atom is 0.323 e. The number of hydrogen-bond acceptors (Lipinski definition) is 2. The minimum atomic E-state index is -0.936. The number of hydrogen-bond donors (Lipinski definition) is 2. The summed E-state index contributed by atoms with van der Waals surface area (Å²) in [7, 11) is 1.62. The van der Waals surface area contributed by atoms with Crippen molar-refractivity contribution in [1.29, 1.82) is 0 Å². The Morgan fingerprint density at radius 1 is 1.00 bits per heavy atom. The molecule has 0 bridgehead atoms. The summed E-state index contributed by atoms with van der Waals surface area (Å²) < 4.78 is 28.7. The van der Waals surface area contributed by atoms with Crippen LogP contribution >= 0.6 is 11.6 Å². The highest BCUT2D eigenvalue weighted by molar-refractivity contribution is 6.34. The number of pyridine rings is 1. The third-order valence-electron chi connectivity index (χ3n) is 5.38. The molecule has 0 aliphatic rings. The first-order valence-electron chi connectivity index (χ1n) is 10.1. The zero-order chi connectivity index (χ0) is 23.9. The van der Waals surface area contributed by atoms with E-state index in [0.29, 0.717) is 27.7 Å². The Balaban J connectivity index is 1.93. The van der Waals surface area contributed by atoms with E-state index < -0.39 is 23.2 Å². The molecule has 1 heterocycles. The van der Waals surface area contributed by atoms with Gasteiger partial charge in [-0.15, -0.1) is 0 Å². The quantitative estimate of drug-likeness (QED) is 0.366. The number of aromatic nitrogens is 1. The summed E-state index contributed by atoms with van der Waals surface area (Å²) >= 11 is 6.48. The van der Waals surface area contributed by atoms with Gasteiger partial charge in [0.15, 0.2) is 0 Å². The average Bonchev–Trinajstić information content (AvgIpc) is 2.74. The van der Waals surface area contributed by atoms with Gasteiger partial charge in [-0.25, -0.2) is 13.6 Å². The Labute approximate surface area is 193 Å². The molecule has 0 saturated heterocycles. The summed E-state index contributed by atoms with van der Waals surface area (Å²) in [4.78, 5) is 26.1. The molecule has 2 amide bonds. The van der Waals surface area contributed by atoms with Crippen LogP contribution in [0.15, 0.2) is 59.4 Å². The summed E-state index contributed by atoms with van der Waals surface area (Å²) in [5.74, 6) is -1.71. The van der Waals surface area contributed by atoms with E-state index >= 15 is 0 Å². The average molecular weight is 468 g/mol. The molecule has 0 saturated carbocycles. The Hall–Kier alpha value is -3.71. The van der Waals surface area contributed by atoms with Gasteiger partial charge in [0, 0.05) is 34.6 Å². The van der Waals surface area contributed by atoms with Crippen molar-refractivity contribution in [2.24, 2.45) is 7.05 Å². The van der Waals surface area contributed by atoms with Gasteiger partial charge in [0.1, 0.15) is 17.3 Å². The molecule has 0 atom stereocenters. The van der Waals surface area contributed by atoms with E-state index in [-0.39, 0.29) is 11.4 Å². The number of benzene rings is 3. The summed E-state index contributed by atoms with van der Waals surface area (Å²) in [6, 6.07) is 12.8. The van der Waals surface area contributed by atoms with Gasteiger partial charge in [-0.3, -0.25) is 4.79 Å². The molecule has 8 heteroatoms. The monoisotopic (exact) mass is 467 g/mol. The summed E-state index contributed by atoms with van der Waals surface area (Å²) in [5, 5.41) is 6.02. The van der Waals surface area contributed by atoms with Gasteiger partial charge in [0.2, 0.25) is 0 Å². The van der Waals surface area contributed by atoms with Gasteiger partial charge in [-0.1, -0.05) is 41.4 Å². The third-order valence-corrected chi connectivity index (χ3v) is 5.71. The first kappa shape index (κ1) is 22.5. The van der Waals surface area contributed by atoms with E-state index in [0.717, 1.165) is 28.6 Å². The number of anilines is 2. The SMILES string of the molecule is Cc1cc(C)c2c(c1)c(-c1ccccc1Cl)c(NC(=O)Nc1ccc(F)cc1F)c(=O)n2C. The lowest BCUT2D eigenvalue weighted by Gasteiger charge is -2.19. The fraction of sp³-hybridized carbons (Fsp3) is 0.120. The fourth-order valence-electron chi connectivity index (χ4n) is 4.02. The molecule has 0 unspecified atom stereocenters. The van der Waals surface area contributed by atoms with E-state index in [1.807, 2.05) is 26.0 Å². The highest BCUT2D eigenvalue weighted by Crippen LogP contribution is 2.38. The Bertz CT molecular complexity index is 1480. The molecule has 2 N–H and O–H groups in total. The maximum atomic E-state index is 14.0. The molecule has 168 valence electrons. The predicted octanol–water partition coefficient (Wildman–Crippen LogP) is 6.40. The van der Waals surface area contributed by atoms with Gasteiger partial charge < -0.3 is 15.2 Å². The van der Waals surface area contributed by atoms with Crippen molar-refractivity contribution >= 4 is 39.9 Å². The highest BCUT2D eigenvalue weighted by Gasteiger charge is 2.22. The minimum Gasteiger partial charge on any atom is -0.309 e. The van der Waals surface area contributed by atoms with Crippen LogP contribution in [-0.2, 0) is 7.05 Å². The number of carbonyl (C=O) groups excluding carboxylic acids is 1. The molecule has 0 aliphatic carbocycles. The van der Waals surface area contributed by atoms with Crippen LogP contribution in [0.2, 0.25) is 5.02 Å². The number of fused-ring (bicyclic) bond motifs is 1. The van der Waals surface area contributed by atoms with Crippen molar-refractivity contribution in [1.82, 2.24) is 4.57 Å².